The summed E-state index contributed by atoms with van der Waals surface area (Å²) in [6, 6.07) is 13.5. The fourth-order valence-electron chi connectivity index (χ4n) is 3.09. The molecule has 0 atom stereocenters. The first kappa shape index (κ1) is 16.8. The molecule has 8 heteroatoms. The molecule has 8 nitrogen and oxygen atoms in total. The summed E-state index contributed by atoms with van der Waals surface area (Å²) in [7, 11) is 0. The van der Waals surface area contributed by atoms with E-state index in [1.165, 1.54) is 17.5 Å². The first-order valence-electron chi connectivity index (χ1n) is 8.62. The number of pyridine rings is 1. The molecule has 27 heavy (non-hydrogen) atoms. The first-order valence-corrected chi connectivity index (χ1v) is 8.62. The highest BCUT2D eigenvalue weighted by molar-refractivity contribution is 5.93. The second kappa shape index (κ2) is 7.28. The van der Waals surface area contributed by atoms with Crippen LogP contribution in [-0.2, 0) is 13.0 Å². The van der Waals surface area contributed by atoms with Crippen molar-refractivity contribution in [3.05, 3.63) is 71.8 Å². The standard InChI is InChI=1S/C19H19N7O/c20-16-17(24-25-19(27)15-7-3-4-9-21-15)22-12-23-18(16)26-10-8-13-5-1-2-6-14(13)11-26/h1-7,9,12H,8,10-11,20H2,(H,25,27)(H,22,23,24). The summed E-state index contributed by atoms with van der Waals surface area (Å²) < 4.78 is 0. The summed E-state index contributed by atoms with van der Waals surface area (Å²) in [5.74, 6) is 0.624. The van der Waals surface area contributed by atoms with E-state index in [1.54, 1.807) is 24.4 Å². The number of nitrogens with one attached hydrogen (secondary N) is 2. The molecule has 1 aromatic carbocycles. The van der Waals surface area contributed by atoms with Crippen LogP contribution in [0.1, 0.15) is 21.6 Å². The van der Waals surface area contributed by atoms with Crippen molar-refractivity contribution >= 4 is 23.2 Å². The topological polar surface area (TPSA) is 109 Å². The minimum absolute atomic E-state index is 0.297. The SMILES string of the molecule is Nc1c(NNC(=O)c2ccccn2)ncnc1N1CCc2ccccc2C1. The Morgan fingerprint density at radius 1 is 1.04 bits per heavy atom. The number of rotatable bonds is 4. The molecule has 0 fully saturated rings. The van der Waals surface area contributed by atoms with E-state index in [0.29, 0.717) is 23.0 Å². The number of nitrogens with two attached hydrogens (primary N) is 1. The number of hydrazine groups is 1. The molecule has 0 bridgehead atoms. The molecular weight excluding hydrogens is 342 g/mol. The van der Waals surface area contributed by atoms with E-state index in [4.69, 9.17) is 5.73 Å². The van der Waals surface area contributed by atoms with Crippen molar-refractivity contribution in [1.29, 1.82) is 0 Å². The highest BCUT2D eigenvalue weighted by Crippen LogP contribution is 2.29. The van der Waals surface area contributed by atoms with E-state index < -0.39 is 0 Å². The molecule has 0 saturated heterocycles. The lowest BCUT2D eigenvalue weighted by molar-refractivity contribution is 0.0957. The number of aromatic nitrogens is 3. The fraction of sp³-hybridized carbons (Fsp3) is 0.158. The second-order valence-electron chi connectivity index (χ2n) is 6.19. The summed E-state index contributed by atoms with van der Waals surface area (Å²) in [6.45, 7) is 1.55. The molecule has 3 aromatic rings. The summed E-state index contributed by atoms with van der Waals surface area (Å²) >= 11 is 0. The van der Waals surface area contributed by atoms with E-state index in [1.807, 2.05) is 6.07 Å². The van der Waals surface area contributed by atoms with Gasteiger partial charge in [-0.1, -0.05) is 30.3 Å². The number of nitrogens with zero attached hydrogens (tertiary/aromatic N) is 4. The number of benzene rings is 1. The van der Waals surface area contributed by atoms with Crippen LogP contribution in [0, 0.1) is 0 Å². The van der Waals surface area contributed by atoms with Gasteiger partial charge in [0.1, 0.15) is 17.7 Å². The lowest BCUT2D eigenvalue weighted by Crippen LogP contribution is -2.33. The van der Waals surface area contributed by atoms with E-state index in [-0.39, 0.29) is 5.91 Å². The monoisotopic (exact) mass is 361 g/mol. The van der Waals surface area contributed by atoms with Crippen LogP contribution in [0.15, 0.2) is 55.0 Å². The zero-order chi connectivity index (χ0) is 18.6. The van der Waals surface area contributed by atoms with Gasteiger partial charge >= 0.3 is 0 Å². The van der Waals surface area contributed by atoms with Crippen molar-refractivity contribution in [2.24, 2.45) is 0 Å². The molecule has 0 radical (unpaired) electrons. The minimum Gasteiger partial charge on any atom is -0.393 e. The van der Waals surface area contributed by atoms with Crippen LogP contribution >= 0.6 is 0 Å². The molecule has 1 aliphatic heterocycles. The van der Waals surface area contributed by atoms with Gasteiger partial charge in [-0.25, -0.2) is 9.97 Å². The van der Waals surface area contributed by atoms with Crippen LogP contribution in [-0.4, -0.2) is 27.4 Å². The molecule has 1 aliphatic rings. The van der Waals surface area contributed by atoms with Crippen molar-refractivity contribution in [2.45, 2.75) is 13.0 Å². The third-order valence-corrected chi connectivity index (χ3v) is 4.49. The molecule has 0 aliphatic carbocycles. The van der Waals surface area contributed by atoms with Gasteiger partial charge in [0.05, 0.1) is 0 Å². The Kier molecular flexibility index (Phi) is 4.52. The third kappa shape index (κ3) is 3.50. The highest BCUT2D eigenvalue weighted by atomic mass is 16.2. The van der Waals surface area contributed by atoms with Gasteiger partial charge in [0.15, 0.2) is 11.6 Å². The van der Waals surface area contributed by atoms with Crippen molar-refractivity contribution in [3.8, 4) is 0 Å². The Morgan fingerprint density at radius 3 is 2.67 bits per heavy atom. The van der Waals surface area contributed by atoms with Crippen LogP contribution in [0.5, 0.6) is 0 Å². The maximum atomic E-state index is 12.1. The maximum Gasteiger partial charge on any atom is 0.288 e. The van der Waals surface area contributed by atoms with E-state index >= 15 is 0 Å². The van der Waals surface area contributed by atoms with Crippen LogP contribution in [0.3, 0.4) is 0 Å². The maximum absolute atomic E-state index is 12.1. The largest absolute Gasteiger partial charge is 0.393 e. The quantitative estimate of drug-likeness (QED) is 0.608. The first-order chi connectivity index (χ1) is 13.2. The van der Waals surface area contributed by atoms with E-state index in [9.17, 15) is 4.79 Å². The number of carbonyl (C=O) groups is 1. The van der Waals surface area contributed by atoms with Gasteiger partial charge in [-0.3, -0.25) is 20.6 Å². The molecule has 136 valence electrons. The van der Waals surface area contributed by atoms with Crippen molar-refractivity contribution < 1.29 is 4.79 Å². The molecular formula is C19H19N7O. The smallest absolute Gasteiger partial charge is 0.288 e. The van der Waals surface area contributed by atoms with Gasteiger partial charge in [-0.05, 0) is 29.7 Å². The molecule has 0 spiro atoms. The number of anilines is 3. The summed E-state index contributed by atoms with van der Waals surface area (Å²) in [5, 5.41) is 0. The number of hydrogen-bond acceptors (Lipinski definition) is 7. The Bertz CT molecular complexity index is 961. The van der Waals surface area contributed by atoms with Crippen molar-refractivity contribution in [1.82, 2.24) is 20.4 Å². The van der Waals surface area contributed by atoms with E-state index in [2.05, 4.69) is 48.9 Å². The zero-order valence-electron chi connectivity index (χ0n) is 14.6. The normalized spacial score (nSPS) is 13.0. The van der Waals surface area contributed by atoms with Crippen LogP contribution in [0.25, 0.3) is 0 Å². The fourth-order valence-corrected chi connectivity index (χ4v) is 3.09. The van der Waals surface area contributed by atoms with Crippen LogP contribution < -0.4 is 21.5 Å². The molecule has 4 rings (SSSR count). The minimum atomic E-state index is -0.373. The molecule has 1 amide bonds. The molecule has 4 N–H and O–H groups in total. The molecule has 0 saturated carbocycles. The van der Waals surface area contributed by atoms with Gasteiger partial charge in [-0.15, -0.1) is 0 Å². The lowest BCUT2D eigenvalue weighted by Gasteiger charge is -2.30. The predicted molar refractivity (Wildman–Crippen MR) is 103 cm³/mol. The number of amides is 1. The summed E-state index contributed by atoms with van der Waals surface area (Å²) in [5.41, 5.74) is 14.9. The number of fused-ring (bicyclic) bond motifs is 1. The summed E-state index contributed by atoms with van der Waals surface area (Å²) in [4.78, 5) is 26.7. The third-order valence-electron chi connectivity index (χ3n) is 4.49. The second-order valence-corrected chi connectivity index (χ2v) is 6.19. The highest BCUT2D eigenvalue weighted by Gasteiger charge is 2.20. The van der Waals surface area contributed by atoms with Crippen molar-refractivity contribution in [3.63, 3.8) is 0 Å². The predicted octanol–water partition coefficient (Wildman–Crippen LogP) is 1.77. The lowest BCUT2D eigenvalue weighted by atomic mass is 10.00. The zero-order valence-corrected chi connectivity index (χ0v) is 14.6. The van der Waals surface area contributed by atoms with Crippen LogP contribution in [0.2, 0.25) is 0 Å². The number of hydrogen-bond donors (Lipinski definition) is 3. The van der Waals surface area contributed by atoms with Gasteiger partial charge < -0.3 is 10.6 Å². The van der Waals surface area contributed by atoms with Gasteiger partial charge in [0, 0.05) is 19.3 Å². The Balaban J connectivity index is 1.49. The van der Waals surface area contributed by atoms with Crippen molar-refractivity contribution in [2.75, 3.05) is 22.6 Å². The Labute approximate surface area is 156 Å². The molecule has 3 heterocycles. The average molecular weight is 361 g/mol. The molecule has 2 aromatic heterocycles. The van der Waals surface area contributed by atoms with Gasteiger partial charge in [0.2, 0.25) is 0 Å². The Morgan fingerprint density at radius 2 is 1.85 bits per heavy atom. The average Bonchev–Trinajstić information content (AvgIpc) is 2.73. The van der Waals surface area contributed by atoms with Crippen LogP contribution in [0.4, 0.5) is 17.3 Å². The Hall–Kier alpha value is -3.68. The number of carbonyl (C=O) groups excluding carboxylic acids is 1. The van der Waals surface area contributed by atoms with Gasteiger partial charge in [-0.2, -0.15) is 0 Å². The van der Waals surface area contributed by atoms with Gasteiger partial charge in [0.25, 0.3) is 5.91 Å². The molecule has 0 unspecified atom stereocenters. The number of nitrogen functional groups attached to an aromatic ring is 1. The summed E-state index contributed by atoms with van der Waals surface area (Å²) in [6.07, 6.45) is 3.92. The van der Waals surface area contributed by atoms with E-state index in [0.717, 1.165) is 19.5 Å².